The Hall–Kier alpha value is -2.93. The average molecular weight is 383 g/mol. The van der Waals surface area contributed by atoms with Crippen LogP contribution in [-0.4, -0.2) is 21.3 Å². The molecule has 0 saturated heterocycles. The van der Waals surface area contributed by atoms with E-state index < -0.39 is 0 Å². The van der Waals surface area contributed by atoms with Crippen LogP contribution in [0.1, 0.15) is 34.2 Å². The van der Waals surface area contributed by atoms with Crippen LogP contribution in [0.2, 0.25) is 0 Å². The first kappa shape index (κ1) is 18.8. The molecule has 0 saturated carbocycles. The maximum atomic E-state index is 12.4. The molecule has 27 heavy (non-hydrogen) atoms. The molecule has 140 valence electrons. The highest BCUT2D eigenvalue weighted by Gasteiger charge is 2.08. The molecule has 0 aliphatic heterocycles. The lowest BCUT2D eigenvalue weighted by Crippen LogP contribution is -2.22. The van der Waals surface area contributed by atoms with Crippen LogP contribution < -0.4 is 14.8 Å². The topological polar surface area (TPSA) is 73.3 Å². The molecule has 0 unspecified atom stereocenters. The Morgan fingerprint density at radius 1 is 1.07 bits per heavy atom. The lowest BCUT2D eigenvalue weighted by Gasteiger charge is -2.09. The van der Waals surface area contributed by atoms with Crippen LogP contribution in [-0.2, 0) is 13.2 Å². The van der Waals surface area contributed by atoms with Gasteiger partial charge in [0, 0.05) is 12.1 Å². The minimum Gasteiger partial charge on any atom is -0.494 e. The molecule has 0 aliphatic rings. The summed E-state index contributed by atoms with van der Waals surface area (Å²) >= 11 is 1.17. The fourth-order valence-corrected chi connectivity index (χ4v) is 2.97. The van der Waals surface area contributed by atoms with Gasteiger partial charge in [-0.2, -0.15) is 8.75 Å². The molecule has 0 bridgehead atoms. The Morgan fingerprint density at radius 3 is 2.59 bits per heavy atom. The molecule has 3 aromatic rings. The van der Waals surface area contributed by atoms with E-state index in [4.69, 9.17) is 9.47 Å². The van der Waals surface area contributed by atoms with Gasteiger partial charge in [0.05, 0.1) is 24.0 Å². The summed E-state index contributed by atoms with van der Waals surface area (Å²) in [7, 11) is 0. The van der Waals surface area contributed by atoms with Gasteiger partial charge in [0.1, 0.15) is 23.8 Å². The first-order valence-electron chi connectivity index (χ1n) is 8.66. The maximum absolute atomic E-state index is 12.4. The van der Waals surface area contributed by atoms with Gasteiger partial charge in [-0.1, -0.05) is 18.2 Å². The Bertz CT molecular complexity index is 893. The highest BCUT2D eigenvalue weighted by atomic mass is 32.1. The van der Waals surface area contributed by atoms with Crippen molar-refractivity contribution in [1.29, 1.82) is 0 Å². The van der Waals surface area contributed by atoms with E-state index >= 15 is 0 Å². The van der Waals surface area contributed by atoms with Gasteiger partial charge in [0.2, 0.25) is 0 Å². The van der Waals surface area contributed by atoms with Crippen molar-refractivity contribution in [3.8, 4) is 11.5 Å². The number of nitrogens with one attached hydrogen (secondary N) is 1. The van der Waals surface area contributed by atoms with Crippen molar-refractivity contribution < 1.29 is 14.3 Å². The van der Waals surface area contributed by atoms with Crippen LogP contribution in [0.25, 0.3) is 0 Å². The minimum absolute atomic E-state index is 0.152. The molecular formula is C20H21N3O3S. The number of hydrogen-bond acceptors (Lipinski definition) is 6. The molecule has 1 heterocycles. The van der Waals surface area contributed by atoms with Crippen molar-refractivity contribution in [3.63, 3.8) is 0 Å². The van der Waals surface area contributed by atoms with Gasteiger partial charge in [0.15, 0.2) is 0 Å². The third-order valence-electron chi connectivity index (χ3n) is 3.91. The Morgan fingerprint density at radius 2 is 1.89 bits per heavy atom. The standard InChI is InChI=1S/C20H21N3O3S/c1-3-25-17-9-7-15(8-10-17)12-21-20(24)16-5-4-6-18(11-16)26-13-19-14(2)22-27-23-19/h4-11H,3,12-13H2,1-2H3,(H,21,24). The van der Waals surface area contributed by atoms with Gasteiger partial charge in [-0.25, -0.2) is 0 Å². The van der Waals surface area contributed by atoms with E-state index in [1.54, 1.807) is 18.2 Å². The zero-order chi connectivity index (χ0) is 19.1. The normalized spacial score (nSPS) is 10.4. The third kappa shape index (κ3) is 5.27. The van der Waals surface area contributed by atoms with Gasteiger partial charge in [-0.15, -0.1) is 0 Å². The highest BCUT2D eigenvalue weighted by molar-refractivity contribution is 6.99. The largest absolute Gasteiger partial charge is 0.494 e. The molecule has 2 aromatic carbocycles. The lowest BCUT2D eigenvalue weighted by atomic mass is 10.2. The van der Waals surface area contributed by atoms with Crippen molar-refractivity contribution in [3.05, 3.63) is 71.0 Å². The van der Waals surface area contributed by atoms with Crippen molar-refractivity contribution in [2.75, 3.05) is 6.61 Å². The maximum Gasteiger partial charge on any atom is 0.251 e. The van der Waals surface area contributed by atoms with E-state index in [0.717, 1.165) is 22.7 Å². The number of benzene rings is 2. The Kier molecular flexibility index (Phi) is 6.38. The summed E-state index contributed by atoms with van der Waals surface area (Å²) in [5, 5.41) is 2.92. The number of rotatable bonds is 8. The van der Waals surface area contributed by atoms with Crippen LogP contribution in [0, 0.1) is 6.92 Å². The molecule has 1 amide bonds. The summed E-state index contributed by atoms with van der Waals surface area (Å²) in [6, 6.07) is 14.8. The molecule has 0 fully saturated rings. The Balaban J connectivity index is 1.55. The number of carbonyl (C=O) groups excluding carboxylic acids is 1. The molecule has 0 radical (unpaired) electrons. The number of ether oxygens (including phenoxy) is 2. The van der Waals surface area contributed by atoms with Crippen LogP contribution >= 0.6 is 11.7 Å². The van der Waals surface area contributed by atoms with Crippen LogP contribution in [0.5, 0.6) is 11.5 Å². The van der Waals surface area contributed by atoms with Crippen molar-refractivity contribution in [2.45, 2.75) is 27.0 Å². The number of aromatic nitrogens is 2. The summed E-state index contributed by atoms with van der Waals surface area (Å²) < 4.78 is 19.5. The molecule has 1 N–H and O–H groups in total. The van der Waals surface area contributed by atoms with Gasteiger partial charge in [-0.05, 0) is 49.7 Å². The molecule has 6 nitrogen and oxygen atoms in total. The predicted molar refractivity (Wildman–Crippen MR) is 104 cm³/mol. The van der Waals surface area contributed by atoms with E-state index in [2.05, 4.69) is 14.1 Å². The second-order valence-electron chi connectivity index (χ2n) is 5.87. The first-order chi connectivity index (χ1) is 13.2. The second kappa shape index (κ2) is 9.14. The minimum atomic E-state index is -0.152. The van der Waals surface area contributed by atoms with Crippen molar-refractivity contribution >= 4 is 17.6 Å². The fraction of sp³-hybridized carbons (Fsp3) is 0.250. The SMILES string of the molecule is CCOc1ccc(CNC(=O)c2cccc(OCc3nsnc3C)c2)cc1. The first-order valence-corrected chi connectivity index (χ1v) is 9.39. The van der Waals surface area contributed by atoms with Crippen LogP contribution in [0.3, 0.4) is 0 Å². The molecule has 0 aliphatic carbocycles. The predicted octanol–water partition coefficient (Wildman–Crippen LogP) is 3.75. The van der Waals surface area contributed by atoms with Gasteiger partial charge in [0.25, 0.3) is 5.91 Å². The van der Waals surface area contributed by atoms with Crippen LogP contribution in [0.15, 0.2) is 48.5 Å². The van der Waals surface area contributed by atoms with Crippen molar-refractivity contribution in [1.82, 2.24) is 14.1 Å². The van der Waals surface area contributed by atoms with Crippen LogP contribution in [0.4, 0.5) is 0 Å². The molecular weight excluding hydrogens is 362 g/mol. The van der Waals surface area contributed by atoms with E-state index in [0.29, 0.717) is 31.1 Å². The molecule has 0 spiro atoms. The summed E-state index contributed by atoms with van der Waals surface area (Å²) in [6.45, 7) is 5.25. The highest BCUT2D eigenvalue weighted by Crippen LogP contribution is 2.16. The van der Waals surface area contributed by atoms with Gasteiger partial charge < -0.3 is 14.8 Å². The van der Waals surface area contributed by atoms with Gasteiger partial charge in [-0.3, -0.25) is 4.79 Å². The number of nitrogens with zero attached hydrogens (tertiary/aromatic N) is 2. The second-order valence-corrected chi connectivity index (χ2v) is 6.40. The molecule has 3 rings (SSSR count). The summed E-state index contributed by atoms with van der Waals surface area (Å²) in [5.41, 5.74) is 3.23. The number of carbonyl (C=O) groups is 1. The van der Waals surface area contributed by atoms with E-state index in [-0.39, 0.29) is 5.91 Å². The molecule has 0 atom stereocenters. The zero-order valence-corrected chi connectivity index (χ0v) is 16.1. The quantitative estimate of drug-likeness (QED) is 0.641. The average Bonchev–Trinajstić information content (AvgIpc) is 3.11. The van der Waals surface area contributed by atoms with E-state index in [1.165, 1.54) is 11.7 Å². The smallest absolute Gasteiger partial charge is 0.251 e. The van der Waals surface area contributed by atoms with Crippen molar-refractivity contribution in [2.24, 2.45) is 0 Å². The summed E-state index contributed by atoms with van der Waals surface area (Å²) in [4.78, 5) is 12.4. The summed E-state index contributed by atoms with van der Waals surface area (Å²) in [6.07, 6.45) is 0. The van der Waals surface area contributed by atoms with E-state index in [9.17, 15) is 4.79 Å². The third-order valence-corrected chi connectivity index (χ3v) is 4.56. The summed E-state index contributed by atoms with van der Waals surface area (Å²) in [5.74, 6) is 1.29. The number of amides is 1. The van der Waals surface area contributed by atoms with Gasteiger partial charge >= 0.3 is 0 Å². The zero-order valence-electron chi connectivity index (χ0n) is 15.3. The molecule has 7 heteroatoms. The lowest BCUT2D eigenvalue weighted by molar-refractivity contribution is 0.0950. The molecule has 1 aromatic heterocycles. The number of aryl methyl sites for hydroxylation is 1. The monoisotopic (exact) mass is 383 g/mol. The number of hydrogen-bond donors (Lipinski definition) is 1. The fourth-order valence-electron chi connectivity index (χ4n) is 2.41. The van der Waals surface area contributed by atoms with E-state index in [1.807, 2.05) is 44.2 Å². The Labute approximate surface area is 162 Å².